The Morgan fingerprint density at radius 2 is 2.22 bits per heavy atom. The van der Waals surface area contributed by atoms with Crippen LogP contribution in [0.2, 0.25) is 0 Å². The molecule has 0 atom stereocenters. The molecular formula is C5H7N3O. The molecule has 0 saturated carbocycles. The van der Waals surface area contributed by atoms with E-state index in [4.69, 9.17) is 0 Å². The maximum absolute atomic E-state index is 10.7. The number of nitrogens with zero attached hydrogens (tertiary/aromatic N) is 3. The van der Waals surface area contributed by atoms with Crippen molar-refractivity contribution >= 4 is 0 Å². The van der Waals surface area contributed by atoms with Crippen LogP contribution in [0.15, 0.2) is 11.1 Å². The van der Waals surface area contributed by atoms with E-state index in [0.29, 0.717) is 5.82 Å². The lowest BCUT2D eigenvalue weighted by Crippen LogP contribution is -2.22. The molecule has 0 aromatic carbocycles. The highest BCUT2D eigenvalue weighted by molar-refractivity contribution is 4.79. The van der Waals surface area contributed by atoms with Gasteiger partial charge in [0.2, 0.25) is 0 Å². The van der Waals surface area contributed by atoms with Crippen molar-refractivity contribution in [3.05, 3.63) is 22.6 Å². The molecule has 4 heteroatoms. The van der Waals surface area contributed by atoms with E-state index in [0.717, 1.165) is 0 Å². The van der Waals surface area contributed by atoms with Gasteiger partial charge in [-0.1, -0.05) is 0 Å². The summed E-state index contributed by atoms with van der Waals surface area (Å²) >= 11 is 0. The Morgan fingerprint density at radius 3 is 2.67 bits per heavy atom. The van der Waals surface area contributed by atoms with Crippen molar-refractivity contribution in [2.75, 3.05) is 0 Å². The topological polar surface area (TPSA) is 47.8 Å². The molecule has 9 heavy (non-hydrogen) atoms. The van der Waals surface area contributed by atoms with Gasteiger partial charge in [0.15, 0.2) is 0 Å². The second-order valence-electron chi connectivity index (χ2n) is 1.76. The van der Waals surface area contributed by atoms with E-state index < -0.39 is 0 Å². The van der Waals surface area contributed by atoms with Gasteiger partial charge in [0, 0.05) is 7.05 Å². The normalized spacial score (nSPS) is 9.56. The van der Waals surface area contributed by atoms with Gasteiger partial charge in [0.25, 0.3) is 0 Å². The van der Waals surface area contributed by atoms with E-state index in [1.807, 2.05) is 0 Å². The van der Waals surface area contributed by atoms with Crippen molar-refractivity contribution in [1.29, 1.82) is 0 Å². The number of aromatic nitrogens is 3. The van der Waals surface area contributed by atoms with Crippen molar-refractivity contribution < 1.29 is 0 Å². The highest BCUT2D eigenvalue weighted by Gasteiger charge is 1.91. The molecule has 0 fully saturated rings. The fraction of sp³-hybridized carbons (Fsp3) is 0.400. The standard InChI is InChI=1S/C5H7N3O/c1-4-6-3-7-5(9)8(4)2/h3H,1-2H3. The van der Waals surface area contributed by atoms with Crippen molar-refractivity contribution in [3.8, 4) is 0 Å². The number of hydrogen-bond donors (Lipinski definition) is 0. The van der Waals surface area contributed by atoms with Crippen LogP contribution >= 0.6 is 0 Å². The molecule has 1 aromatic heterocycles. The average Bonchev–Trinajstić information content (AvgIpc) is 1.83. The van der Waals surface area contributed by atoms with Crippen molar-refractivity contribution in [2.24, 2.45) is 7.05 Å². The summed E-state index contributed by atoms with van der Waals surface area (Å²) in [6, 6.07) is 0. The van der Waals surface area contributed by atoms with Gasteiger partial charge in [0.05, 0.1) is 0 Å². The zero-order valence-electron chi connectivity index (χ0n) is 5.33. The van der Waals surface area contributed by atoms with Gasteiger partial charge in [-0.15, -0.1) is 0 Å². The Hall–Kier alpha value is -1.19. The van der Waals surface area contributed by atoms with Gasteiger partial charge < -0.3 is 0 Å². The van der Waals surface area contributed by atoms with Gasteiger partial charge in [-0.3, -0.25) is 4.57 Å². The second kappa shape index (κ2) is 1.97. The third kappa shape index (κ3) is 0.960. The van der Waals surface area contributed by atoms with Crippen LogP contribution < -0.4 is 5.69 Å². The zero-order chi connectivity index (χ0) is 6.85. The molecule has 0 spiro atoms. The van der Waals surface area contributed by atoms with Crippen molar-refractivity contribution in [3.63, 3.8) is 0 Å². The van der Waals surface area contributed by atoms with Crippen LogP contribution in [0.1, 0.15) is 5.82 Å². The lowest BCUT2D eigenvalue weighted by molar-refractivity contribution is 0.728. The molecule has 0 radical (unpaired) electrons. The van der Waals surface area contributed by atoms with Crippen LogP contribution in [0, 0.1) is 6.92 Å². The fourth-order valence-corrected chi connectivity index (χ4v) is 0.473. The van der Waals surface area contributed by atoms with Crippen molar-refractivity contribution in [1.82, 2.24) is 14.5 Å². The Kier molecular flexibility index (Phi) is 1.30. The maximum Gasteiger partial charge on any atom is 0.350 e. The van der Waals surface area contributed by atoms with Crippen LogP contribution in [-0.2, 0) is 7.05 Å². The minimum absolute atomic E-state index is 0.262. The Morgan fingerprint density at radius 1 is 1.56 bits per heavy atom. The molecule has 0 bridgehead atoms. The summed E-state index contributed by atoms with van der Waals surface area (Å²) < 4.78 is 1.39. The van der Waals surface area contributed by atoms with Gasteiger partial charge in [-0.2, -0.15) is 4.98 Å². The summed E-state index contributed by atoms with van der Waals surface area (Å²) in [7, 11) is 1.64. The molecule has 1 rings (SSSR count). The van der Waals surface area contributed by atoms with Gasteiger partial charge >= 0.3 is 5.69 Å². The number of aryl methyl sites for hydroxylation is 1. The first-order chi connectivity index (χ1) is 4.22. The van der Waals surface area contributed by atoms with Gasteiger partial charge in [-0.05, 0) is 6.92 Å². The summed E-state index contributed by atoms with van der Waals surface area (Å²) in [6.07, 6.45) is 1.26. The predicted molar refractivity (Wildman–Crippen MR) is 32.0 cm³/mol. The Labute approximate surface area is 52.2 Å². The third-order valence-corrected chi connectivity index (χ3v) is 1.19. The summed E-state index contributed by atoms with van der Waals surface area (Å²) in [6.45, 7) is 1.75. The molecule has 48 valence electrons. The largest absolute Gasteiger partial charge is 0.350 e. The monoisotopic (exact) mass is 125 g/mol. The van der Waals surface area contributed by atoms with E-state index in [2.05, 4.69) is 9.97 Å². The fourth-order valence-electron chi connectivity index (χ4n) is 0.473. The Bertz CT molecular complexity index is 265. The summed E-state index contributed by atoms with van der Waals surface area (Å²) in [4.78, 5) is 17.9. The quantitative estimate of drug-likeness (QED) is 0.469. The molecular weight excluding hydrogens is 118 g/mol. The first-order valence-electron chi connectivity index (χ1n) is 2.56. The van der Waals surface area contributed by atoms with Crippen LogP contribution in [0.5, 0.6) is 0 Å². The zero-order valence-corrected chi connectivity index (χ0v) is 5.33. The predicted octanol–water partition coefficient (Wildman–Crippen LogP) is -0.516. The Balaban J connectivity index is 3.43. The molecule has 0 saturated heterocycles. The van der Waals surface area contributed by atoms with Crippen LogP contribution in [0.25, 0.3) is 0 Å². The third-order valence-electron chi connectivity index (χ3n) is 1.19. The first kappa shape index (κ1) is 5.94. The maximum atomic E-state index is 10.7. The van der Waals surface area contributed by atoms with E-state index >= 15 is 0 Å². The molecule has 0 aliphatic carbocycles. The first-order valence-corrected chi connectivity index (χ1v) is 2.56. The summed E-state index contributed by atoms with van der Waals surface area (Å²) in [5.74, 6) is 0.676. The van der Waals surface area contributed by atoms with Crippen LogP contribution in [0.3, 0.4) is 0 Å². The molecule has 0 N–H and O–H groups in total. The minimum atomic E-state index is -0.262. The second-order valence-corrected chi connectivity index (χ2v) is 1.76. The van der Waals surface area contributed by atoms with Gasteiger partial charge in [-0.25, -0.2) is 9.78 Å². The lowest BCUT2D eigenvalue weighted by Gasteiger charge is -1.95. The molecule has 1 aromatic rings. The smallest absolute Gasteiger partial charge is 0.283 e. The molecule has 0 unspecified atom stereocenters. The minimum Gasteiger partial charge on any atom is -0.283 e. The average molecular weight is 125 g/mol. The number of hydrogen-bond acceptors (Lipinski definition) is 3. The molecule has 0 aliphatic rings. The van der Waals surface area contributed by atoms with E-state index in [-0.39, 0.29) is 5.69 Å². The summed E-state index contributed by atoms with van der Waals surface area (Å²) in [5.41, 5.74) is -0.262. The van der Waals surface area contributed by atoms with E-state index in [1.54, 1.807) is 14.0 Å². The SMILES string of the molecule is Cc1ncnc(=O)n1C. The molecule has 1 heterocycles. The van der Waals surface area contributed by atoms with Crippen molar-refractivity contribution in [2.45, 2.75) is 6.92 Å². The van der Waals surface area contributed by atoms with E-state index in [9.17, 15) is 4.79 Å². The van der Waals surface area contributed by atoms with Crippen LogP contribution in [-0.4, -0.2) is 14.5 Å². The molecule has 4 nitrogen and oxygen atoms in total. The highest BCUT2D eigenvalue weighted by atomic mass is 16.1. The van der Waals surface area contributed by atoms with Gasteiger partial charge in [0.1, 0.15) is 12.2 Å². The highest BCUT2D eigenvalue weighted by Crippen LogP contribution is 1.77. The van der Waals surface area contributed by atoms with E-state index in [1.165, 1.54) is 10.9 Å². The summed E-state index contributed by atoms with van der Waals surface area (Å²) in [5, 5.41) is 0. The number of rotatable bonds is 0. The van der Waals surface area contributed by atoms with Crippen LogP contribution in [0.4, 0.5) is 0 Å². The molecule has 0 aliphatic heterocycles. The molecule has 0 amide bonds. The lowest BCUT2D eigenvalue weighted by atomic mass is 10.7.